The highest BCUT2D eigenvalue weighted by atomic mass is 16.5. The van der Waals surface area contributed by atoms with Gasteiger partial charge in [-0.25, -0.2) is 0 Å². The van der Waals surface area contributed by atoms with Gasteiger partial charge in [-0.2, -0.15) is 0 Å². The first kappa shape index (κ1) is 13.3. The molecule has 1 aromatic rings. The maximum atomic E-state index is 5.27. The van der Waals surface area contributed by atoms with Gasteiger partial charge < -0.3 is 10.1 Å². The molecule has 0 bridgehead atoms. The summed E-state index contributed by atoms with van der Waals surface area (Å²) in [6, 6.07) is 2.15. The third-order valence-corrected chi connectivity index (χ3v) is 3.89. The van der Waals surface area contributed by atoms with Crippen molar-refractivity contribution in [1.82, 2.24) is 10.3 Å². The van der Waals surface area contributed by atoms with E-state index in [0.717, 1.165) is 24.8 Å². The van der Waals surface area contributed by atoms with E-state index >= 15 is 0 Å². The van der Waals surface area contributed by atoms with Gasteiger partial charge in [-0.3, -0.25) is 4.98 Å². The van der Waals surface area contributed by atoms with Gasteiger partial charge in [0.1, 0.15) is 5.75 Å². The van der Waals surface area contributed by atoms with Crippen LogP contribution in [0, 0.1) is 5.92 Å². The van der Waals surface area contributed by atoms with Gasteiger partial charge >= 0.3 is 0 Å². The molecule has 3 nitrogen and oxygen atoms in total. The lowest BCUT2D eigenvalue weighted by molar-refractivity contribution is 0.408. The summed E-state index contributed by atoms with van der Waals surface area (Å²) in [5.74, 6) is 2.28. The summed E-state index contributed by atoms with van der Waals surface area (Å²) in [7, 11) is 1.70. The van der Waals surface area contributed by atoms with Gasteiger partial charge in [0, 0.05) is 6.20 Å². The quantitative estimate of drug-likeness (QED) is 0.786. The summed E-state index contributed by atoms with van der Waals surface area (Å²) >= 11 is 0. The Labute approximate surface area is 110 Å². The number of rotatable bonds is 6. The maximum absolute atomic E-state index is 5.27. The lowest BCUT2D eigenvalue weighted by Crippen LogP contribution is -2.25. The molecule has 0 radical (unpaired) electrons. The van der Waals surface area contributed by atoms with Crippen molar-refractivity contribution in [3.63, 3.8) is 0 Å². The van der Waals surface area contributed by atoms with E-state index < -0.39 is 0 Å². The predicted molar refractivity (Wildman–Crippen MR) is 74.0 cm³/mol. The standard InChI is InChI=1S/C15H24N2O/c1-3-7-16-9-12-5-4-6-15(12)13-8-14(18-2)11-17-10-13/h8,10-12,15-16H,3-7,9H2,1-2H3. The Morgan fingerprint density at radius 3 is 3.06 bits per heavy atom. The maximum Gasteiger partial charge on any atom is 0.137 e. The van der Waals surface area contributed by atoms with Crippen LogP contribution in [0.15, 0.2) is 18.5 Å². The van der Waals surface area contributed by atoms with Crippen molar-refractivity contribution in [3.05, 3.63) is 24.0 Å². The summed E-state index contributed by atoms with van der Waals surface area (Å²) in [4.78, 5) is 4.29. The highest BCUT2D eigenvalue weighted by Gasteiger charge is 2.28. The third kappa shape index (κ3) is 3.22. The minimum absolute atomic E-state index is 0.650. The third-order valence-electron chi connectivity index (χ3n) is 3.89. The number of ether oxygens (including phenoxy) is 1. The Balaban J connectivity index is 2.01. The van der Waals surface area contributed by atoms with Gasteiger partial charge in [-0.1, -0.05) is 13.3 Å². The molecule has 18 heavy (non-hydrogen) atoms. The summed E-state index contributed by atoms with van der Waals surface area (Å²) < 4.78 is 5.27. The van der Waals surface area contributed by atoms with Crippen molar-refractivity contribution in [2.75, 3.05) is 20.2 Å². The molecule has 1 aliphatic rings. The van der Waals surface area contributed by atoms with Crippen LogP contribution in [0.5, 0.6) is 5.75 Å². The van der Waals surface area contributed by atoms with E-state index in [1.165, 1.54) is 31.2 Å². The molecule has 1 heterocycles. The Bertz CT molecular complexity index is 367. The van der Waals surface area contributed by atoms with Crippen LogP contribution in [0.25, 0.3) is 0 Å². The monoisotopic (exact) mass is 248 g/mol. The van der Waals surface area contributed by atoms with Gasteiger partial charge in [0.2, 0.25) is 0 Å². The van der Waals surface area contributed by atoms with Crippen LogP contribution in [0.4, 0.5) is 0 Å². The summed E-state index contributed by atoms with van der Waals surface area (Å²) in [6.45, 7) is 4.47. The molecular formula is C15H24N2O. The van der Waals surface area contributed by atoms with E-state index in [2.05, 4.69) is 23.3 Å². The Kier molecular flexibility index (Phi) is 5.00. The van der Waals surface area contributed by atoms with Gasteiger partial charge in [0.25, 0.3) is 0 Å². The van der Waals surface area contributed by atoms with Gasteiger partial charge in [0.15, 0.2) is 0 Å². The average molecular weight is 248 g/mol. The molecule has 3 heteroatoms. The first-order valence-corrected chi connectivity index (χ1v) is 7.04. The smallest absolute Gasteiger partial charge is 0.137 e. The van der Waals surface area contributed by atoms with E-state index in [1.54, 1.807) is 13.3 Å². The van der Waals surface area contributed by atoms with Crippen LogP contribution in [-0.4, -0.2) is 25.2 Å². The average Bonchev–Trinajstić information content (AvgIpc) is 2.87. The lowest BCUT2D eigenvalue weighted by Gasteiger charge is -2.20. The molecule has 2 rings (SSSR count). The fourth-order valence-corrected chi connectivity index (χ4v) is 2.93. The van der Waals surface area contributed by atoms with Crippen molar-refractivity contribution in [1.29, 1.82) is 0 Å². The van der Waals surface area contributed by atoms with E-state index in [4.69, 9.17) is 4.74 Å². The largest absolute Gasteiger partial charge is 0.495 e. The zero-order chi connectivity index (χ0) is 12.8. The van der Waals surface area contributed by atoms with Crippen LogP contribution in [-0.2, 0) is 0 Å². The second-order valence-electron chi connectivity index (χ2n) is 5.16. The molecule has 0 spiro atoms. The minimum atomic E-state index is 0.650. The second kappa shape index (κ2) is 6.74. The fraction of sp³-hybridized carbons (Fsp3) is 0.667. The molecular weight excluding hydrogens is 224 g/mol. The lowest BCUT2D eigenvalue weighted by atomic mass is 9.90. The fourth-order valence-electron chi connectivity index (χ4n) is 2.93. The van der Waals surface area contributed by atoms with Crippen LogP contribution in [0.2, 0.25) is 0 Å². The molecule has 0 aromatic carbocycles. The Hall–Kier alpha value is -1.09. The number of pyridine rings is 1. The van der Waals surface area contributed by atoms with E-state index in [-0.39, 0.29) is 0 Å². The molecule has 2 atom stereocenters. The Morgan fingerprint density at radius 2 is 2.28 bits per heavy atom. The molecule has 0 aliphatic heterocycles. The highest BCUT2D eigenvalue weighted by molar-refractivity contribution is 5.27. The number of nitrogens with zero attached hydrogens (tertiary/aromatic N) is 1. The zero-order valence-electron chi connectivity index (χ0n) is 11.5. The SMILES string of the molecule is CCCNCC1CCCC1c1cncc(OC)c1. The molecule has 0 amide bonds. The molecule has 1 saturated carbocycles. The number of hydrogen-bond donors (Lipinski definition) is 1. The van der Waals surface area contributed by atoms with Crippen molar-refractivity contribution >= 4 is 0 Å². The van der Waals surface area contributed by atoms with Crippen molar-refractivity contribution in [2.24, 2.45) is 5.92 Å². The molecule has 1 aromatic heterocycles. The van der Waals surface area contributed by atoms with Gasteiger partial charge in [-0.05, 0) is 55.8 Å². The molecule has 100 valence electrons. The normalized spacial score (nSPS) is 23.2. The minimum Gasteiger partial charge on any atom is -0.495 e. The first-order chi connectivity index (χ1) is 8.85. The first-order valence-electron chi connectivity index (χ1n) is 7.04. The molecule has 1 aliphatic carbocycles. The van der Waals surface area contributed by atoms with Crippen molar-refractivity contribution in [3.8, 4) is 5.75 Å². The van der Waals surface area contributed by atoms with E-state index in [1.807, 2.05) is 6.20 Å². The van der Waals surface area contributed by atoms with Crippen LogP contribution < -0.4 is 10.1 Å². The Morgan fingerprint density at radius 1 is 1.39 bits per heavy atom. The number of hydrogen-bond acceptors (Lipinski definition) is 3. The number of nitrogens with one attached hydrogen (secondary N) is 1. The van der Waals surface area contributed by atoms with Crippen molar-refractivity contribution < 1.29 is 4.74 Å². The predicted octanol–water partition coefficient (Wildman–Crippen LogP) is 2.97. The molecule has 1 fully saturated rings. The molecule has 1 N–H and O–H groups in total. The number of aromatic nitrogens is 1. The number of methoxy groups -OCH3 is 1. The highest BCUT2D eigenvalue weighted by Crippen LogP contribution is 2.39. The van der Waals surface area contributed by atoms with Crippen LogP contribution in [0.3, 0.4) is 0 Å². The summed E-state index contributed by atoms with van der Waals surface area (Å²) in [5, 5.41) is 3.55. The summed E-state index contributed by atoms with van der Waals surface area (Å²) in [6.07, 6.45) is 8.94. The van der Waals surface area contributed by atoms with E-state index in [9.17, 15) is 0 Å². The topological polar surface area (TPSA) is 34.2 Å². The van der Waals surface area contributed by atoms with Crippen molar-refractivity contribution in [2.45, 2.75) is 38.5 Å². The van der Waals surface area contributed by atoms with Crippen LogP contribution in [0.1, 0.15) is 44.1 Å². The summed E-state index contributed by atoms with van der Waals surface area (Å²) in [5.41, 5.74) is 1.34. The van der Waals surface area contributed by atoms with Crippen LogP contribution >= 0.6 is 0 Å². The van der Waals surface area contributed by atoms with Gasteiger partial charge in [0.05, 0.1) is 13.3 Å². The molecule has 2 unspecified atom stereocenters. The van der Waals surface area contributed by atoms with E-state index in [0.29, 0.717) is 5.92 Å². The molecule has 0 saturated heterocycles. The second-order valence-corrected chi connectivity index (χ2v) is 5.16. The zero-order valence-corrected chi connectivity index (χ0v) is 11.5. The van der Waals surface area contributed by atoms with Gasteiger partial charge in [-0.15, -0.1) is 0 Å².